The van der Waals surface area contributed by atoms with Gasteiger partial charge in [0.25, 0.3) is 0 Å². The third-order valence-electron chi connectivity index (χ3n) is 7.78. The van der Waals surface area contributed by atoms with E-state index in [-0.39, 0.29) is 11.9 Å². The van der Waals surface area contributed by atoms with Crippen LogP contribution in [0.5, 0.6) is 5.75 Å². The van der Waals surface area contributed by atoms with Crippen LogP contribution in [0, 0.1) is 0 Å². The maximum absolute atomic E-state index is 12.3. The van der Waals surface area contributed by atoms with Gasteiger partial charge in [-0.2, -0.15) is 4.98 Å². The molecule has 0 aliphatic carbocycles. The quantitative estimate of drug-likeness (QED) is 0.313. The average Bonchev–Trinajstić information content (AvgIpc) is 3.62. The fourth-order valence-corrected chi connectivity index (χ4v) is 5.48. The fraction of sp³-hybridized carbons (Fsp3) is 0.333. The van der Waals surface area contributed by atoms with E-state index in [4.69, 9.17) is 14.7 Å². The van der Waals surface area contributed by atoms with Crippen LogP contribution in [-0.2, 0) is 4.79 Å². The molecule has 2 aliphatic rings. The van der Waals surface area contributed by atoms with Gasteiger partial charge >= 0.3 is 0 Å². The van der Waals surface area contributed by atoms with E-state index in [0.29, 0.717) is 36.2 Å². The van der Waals surface area contributed by atoms with Crippen molar-refractivity contribution in [3.05, 3.63) is 67.4 Å². The number of carbonyl (C=O) groups is 1. The highest BCUT2D eigenvalue weighted by Gasteiger charge is 2.30. The van der Waals surface area contributed by atoms with Gasteiger partial charge in [0.2, 0.25) is 17.8 Å². The lowest BCUT2D eigenvalue weighted by molar-refractivity contribution is -0.125. The van der Waals surface area contributed by atoms with Crippen molar-refractivity contribution in [2.24, 2.45) is 0 Å². The Hall–Kier alpha value is -4.64. The molecule has 1 amide bonds. The number of nitrogens with zero attached hydrogens (tertiary/aromatic N) is 7. The number of hydrogen-bond acceptors (Lipinski definition) is 9. The van der Waals surface area contributed by atoms with Gasteiger partial charge in [-0.3, -0.25) is 9.36 Å². The highest BCUT2D eigenvalue weighted by Crippen LogP contribution is 2.34. The van der Waals surface area contributed by atoms with Gasteiger partial charge < -0.3 is 30.1 Å². The summed E-state index contributed by atoms with van der Waals surface area (Å²) in [7, 11) is 3.82. The zero-order valence-corrected chi connectivity index (χ0v) is 23.5. The van der Waals surface area contributed by atoms with E-state index in [1.165, 1.54) is 6.08 Å². The molecule has 0 spiro atoms. The van der Waals surface area contributed by atoms with Crippen LogP contribution in [0.1, 0.15) is 12.5 Å². The van der Waals surface area contributed by atoms with Crippen LogP contribution in [0.2, 0.25) is 0 Å². The summed E-state index contributed by atoms with van der Waals surface area (Å²) in [6.45, 7) is 8.87. The number of aromatic nitrogens is 4. The first kappa shape index (κ1) is 26.6. The van der Waals surface area contributed by atoms with Gasteiger partial charge in [0.15, 0.2) is 5.65 Å². The molecule has 41 heavy (non-hydrogen) atoms. The highest BCUT2D eigenvalue weighted by molar-refractivity contribution is 5.87. The van der Waals surface area contributed by atoms with Crippen LogP contribution in [0.25, 0.3) is 11.2 Å². The summed E-state index contributed by atoms with van der Waals surface area (Å²) >= 11 is 0. The minimum absolute atomic E-state index is 0.00438. The minimum atomic E-state index is -0.0708. The van der Waals surface area contributed by atoms with Crippen LogP contribution in [0.3, 0.4) is 0 Å². The SMILES string of the molecule is C=CC(=O)N1CC[C@H](n2c(Nc3ccccc3)nc3cnc(Nc4ccc(N5CCN(C)CC5)cc4OC)nc32)C1. The number of para-hydroxylation sites is 1. The molecule has 0 saturated carbocycles. The monoisotopic (exact) mass is 553 g/mol. The second kappa shape index (κ2) is 11.5. The van der Waals surface area contributed by atoms with Gasteiger partial charge in [0, 0.05) is 56.7 Å². The second-order valence-corrected chi connectivity index (χ2v) is 10.4. The number of fused-ring (bicyclic) bond motifs is 1. The molecule has 2 saturated heterocycles. The summed E-state index contributed by atoms with van der Waals surface area (Å²) < 4.78 is 7.83. The first-order valence-electron chi connectivity index (χ1n) is 13.9. The number of imidazole rings is 1. The number of anilines is 5. The number of amides is 1. The molecule has 0 radical (unpaired) electrons. The summed E-state index contributed by atoms with van der Waals surface area (Å²) in [6, 6.07) is 16.1. The summed E-state index contributed by atoms with van der Waals surface area (Å²) in [5, 5.41) is 6.79. The Balaban J connectivity index is 1.32. The lowest BCUT2D eigenvalue weighted by Crippen LogP contribution is -2.44. The Bertz CT molecular complexity index is 1550. The maximum Gasteiger partial charge on any atom is 0.246 e. The lowest BCUT2D eigenvalue weighted by Gasteiger charge is -2.34. The number of likely N-dealkylation sites (tertiary alicyclic amines) is 1. The van der Waals surface area contributed by atoms with Crippen molar-refractivity contribution in [2.75, 3.05) is 69.0 Å². The molecule has 11 nitrogen and oxygen atoms in total. The lowest BCUT2D eigenvalue weighted by atomic mass is 10.2. The van der Waals surface area contributed by atoms with Crippen molar-refractivity contribution in [1.29, 1.82) is 0 Å². The van der Waals surface area contributed by atoms with Crippen LogP contribution in [-0.4, -0.2) is 88.7 Å². The molecule has 0 unspecified atom stereocenters. The van der Waals surface area contributed by atoms with E-state index in [2.05, 4.69) is 55.7 Å². The molecule has 2 aromatic carbocycles. The van der Waals surface area contributed by atoms with Gasteiger partial charge in [0.05, 0.1) is 25.0 Å². The number of ether oxygens (including phenoxy) is 1. The molecule has 0 bridgehead atoms. The smallest absolute Gasteiger partial charge is 0.246 e. The maximum atomic E-state index is 12.3. The Morgan fingerprint density at radius 3 is 2.61 bits per heavy atom. The van der Waals surface area contributed by atoms with Gasteiger partial charge in [-0.05, 0) is 43.8 Å². The van der Waals surface area contributed by atoms with Gasteiger partial charge in [0.1, 0.15) is 11.3 Å². The first-order valence-corrected chi connectivity index (χ1v) is 13.9. The van der Waals surface area contributed by atoms with Crippen LogP contribution < -0.4 is 20.3 Å². The molecule has 2 aliphatic heterocycles. The number of likely N-dealkylation sites (N-methyl/N-ethyl adjacent to an activating group) is 1. The Morgan fingerprint density at radius 1 is 1.05 bits per heavy atom. The number of rotatable bonds is 8. The summed E-state index contributed by atoms with van der Waals surface area (Å²) in [4.78, 5) is 33.2. The van der Waals surface area contributed by atoms with Gasteiger partial charge in [-0.1, -0.05) is 24.8 Å². The van der Waals surface area contributed by atoms with Crippen molar-refractivity contribution in [3.8, 4) is 5.75 Å². The predicted octanol–water partition coefficient (Wildman–Crippen LogP) is 4.03. The molecule has 11 heteroatoms. The number of piperazine rings is 1. The summed E-state index contributed by atoms with van der Waals surface area (Å²) in [6.07, 6.45) is 3.87. The normalized spacial score (nSPS) is 17.6. The number of methoxy groups -OCH3 is 1. The van der Waals surface area contributed by atoms with E-state index in [1.54, 1.807) is 13.3 Å². The topological polar surface area (TPSA) is 104 Å². The molecule has 2 N–H and O–H groups in total. The predicted molar refractivity (Wildman–Crippen MR) is 161 cm³/mol. The highest BCUT2D eigenvalue weighted by atomic mass is 16.5. The standard InChI is InChI=1S/C30H35N9O2/c1-4-27(40)38-13-12-23(20-38)39-28-25(34-30(39)32-21-8-6-5-7-9-21)19-31-29(35-28)33-24-11-10-22(18-26(24)41-3)37-16-14-36(2)15-17-37/h4-11,18-19,23H,1,12-17,20H2,2-3H3,(H,32,34)(H,31,33,35)/t23-/m0/s1. The van der Waals surface area contributed by atoms with E-state index >= 15 is 0 Å². The Labute approximate surface area is 239 Å². The molecule has 4 aromatic rings. The number of carbonyl (C=O) groups excluding carboxylic acids is 1. The van der Waals surface area contributed by atoms with Crippen molar-refractivity contribution in [1.82, 2.24) is 29.3 Å². The molecular weight excluding hydrogens is 518 g/mol. The third-order valence-corrected chi connectivity index (χ3v) is 7.78. The van der Waals surface area contributed by atoms with E-state index in [1.807, 2.05) is 41.3 Å². The molecule has 4 heterocycles. The largest absolute Gasteiger partial charge is 0.494 e. The van der Waals surface area contributed by atoms with Gasteiger partial charge in [-0.15, -0.1) is 0 Å². The summed E-state index contributed by atoms with van der Waals surface area (Å²) in [5.41, 5.74) is 4.18. The average molecular weight is 554 g/mol. The molecule has 212 valence electrons. The van der Waals surface area contributed by atoms with E-state index in [9.17, 15) is 4.79 Å². The summed E-state index contributed by atoms with van der Waals surface area (Å²) in [5.74, 6) is 1.75. The number of nitrogens with one attached hydrogen (secondary N) is 2. The van der Waals surface area contributed by atoms with Crippen molar-refractivity contribution in [2.45, 2.75) is 12.5 Å². The number of hydrogen-bond donors (Lipinski definition) is 2. The van der Waals surface area contributed by atoms with Crippen molar-refractivity contribution >= 4 is 46.0 Å². The van der Waals surface area contributed by atoms with Crippen LogP contribution >= 0.6 is 0 Å². The fourth-order valence-electron chi connectivity index (χ4n) is 5.48. The molecule has 6 rings (SSSR count). The number of benzene rings is 2. The molecule has 1 atom stereocenters. The van der Waals surface area contributed by atoms with Crippen molar-refractivity contribution in [3.63, 3.8) is 0 Å². The molecular formula is C30H35N9O2. The van der Waals surface area contributed by atoms with Crippen molar-refractivity contribution < 1.29 is 9.53 Å². The zero-order chi connectivity index (χ0) is 28.3. The van der Waals surface area contributed by atoms with Crippen LogP contribution in [0.4, 0.5) is 29.0 Å². The van der Waals surface area contributed by atoms with E-state index < -0.39 is 0 Å². The minimum Gasteiger partial charge on any atom is -0.494 e. The van der Waals surface area contributed by atoms with Gasteiger partial charge in [-0.25, -0.2) is 9.97 Å². The molecule has 2 fully saturated rings. The zero-order valence-electron chi connectivity index (χ0n) is 23.5. The molecule has 2 aromatic heterocycles. The van der Waals surface area contributed by atoms with E-state index in [0.717, 1.165) is 55.4 Å². The second-order valence-electron chi connectivity index (χ2n) is 10.4. The van der Waals surface area contributed by atoms with Crippen LogP contribution in [0.15, 0.2) is 67.4 Å². The Kier molecular flexibility index (Phi) is 7.43. The Morgan fingerprint density at radius 2 is 1.85 bits per heavy atom. The third kappa shape index (κ3) is 5.53. The first-order chi connectivity index (χ1) is 20.0.